The number of imide groups is 1. The van der Waals surface area contributed by atoms with Gasteiger partial charge in [-0.25, -0.2) is 4.79 Å². The number of thioether (sulfide) groups is 1. The molecule has 1 aliphatic rings. The lowest BCUT2D eigenvalue weighted by atomic mass is 10.1. The van der Waals surface area contributed by atoms with Crippen LogP contribution in [-0.4, -0.2) is 45.9 Å². The quantitative estimate of drug-likeness (QED) is 0.575. The maximum absolute atomic E-state index is 12.6. The van der Waals surface area contributed by atoms with Gasteiger partial charge in [0.1, 0.15) is 24.1 Å². The summed E-state index contributed by atoms with van der Waals surface area (Å²) in [5.74, 6) is -0.748. The van der Waals surface area contributed by atoms with Crippen LogP contribution in [0.2, 0.25) is 0 Å². The molecule has 0 aliphatic carbocycles. The standard InChI is InChI=1S/C17H16N2O5S/c1-10-7-11(18-24-10)8-23-17(22)14(9-25-2)19-15(20)12-5-3-4-6-13(12)16(19)21/h3-7,14H,8-9H2,1-2H3/t14-/m1/s1. The molecule has 0 fully saturated rings. The topological polar surface area (TPSA) is 89.7 Å². The molecule has 2 amide bonds. The SMILES string of the molecule is CSC[C@H](C(=O)OCc1cc(C)on1)N1C(=O)c2ccccc2C1=O. The minimum absolute atomic E-state index is 0.0791. The van der Waals surface area contributed by atoms with E-state index in [1.165, 1.54) is 11.8 Å². The first-order chi connectivity index (χ1) is 12.0. The molecule has 2 aromatic rings. The predicted octanol–water partition coefficient (Wildman–Crippen LogP) is 2.05. The highest BCUT2D eigenvalue weighted by molar-refractivity contribution is 7.98. The van der Waals surface area contributed by atoms with Gasteiger partial charge in [0.05, 0.1) is 11.1 Å². The fraction of sp³-hybridized carbons (Fsp3) is 0.294. The highest BCUT2D eigenvalue weighted by Crippen LogP contribution is 2.26. The number of nitrogens with zero attached hydrogens (tertiary/aromatic N) is 2. The van der Waals surface area contributed by atoms with E-state index < -0.39 is 23.8 Å². The zero-order valence-corrected chi connectivity index (χ0v) is 14.5. The summed E-state index contributed by atoms with van der Waals surface area (Å²) < 4.78 is 10.2. The Kier molecular flexibility index (Phi) is 4.89. The molecule has 1 aliphatic heterocycles. The lowest BCUT2D eigenvalue weighted by Gasteiger charge is -2.23. The average Bonchev–Trinajstić information content (AvgIpc) is 3.13. The third kappa shape index (κ3) is 3.30. The van der Waals surface area contributed by atoms with Gasteiger partial charge in [-0.2, -0.15) is 11.8 Å². The molecule has 8 heteroatoms. The first-order valence-electron chi connectivity index (χ1n) is 7.57. The number of rotatable bonds is 6. The van der Waals surface area contributed by atoms with Gasteiger partial charge >= 0.3 is 5.97 Å². The molecule has 1 aromatic heterocycles. The molecule has 1 atom stereocenters. The van der Waals surface area contributed by atoms with Crippen LogP contribution < -0.4 is 0 Å². The van der Waals surface area contributed by atoms with Gasteiger partial charge in [-0.05, 0) is 25.3 Å². The van der Waals surface area contributed by atoms with Crippen LogP contribution in [0.4, 0.5) is 0 Å². The van der Waals surface area contributed by atoms with E-state index in [0.717, 1.165) is 4.90 Å². The Labute approximate surface area is 148 Å². The van der Waals surface area contributed by atoms with Gasteiger partial charge in [0.15, 0.2) is 0 Å². The van der Waals surface area contributed by atoms with Crippen molar-refractivity contribution in [2.45, 2.75) is 19.6 Å². The first kappa shape index (κ1) is 17.2. The normalized spacial score (nSPS) is 14.6. The maximum Gasteiger partial charge on any atom is 0.330 e. The van der Waals surface area contributed by atoms with E-state index in [2.05, 4.69) is 5.16 Å². The fourth-order valence-electron chi connectivity index (χ4n) is 2.62. The zero-order chi connectivity index (χ0) is 18.0. The van der Waals surface area contributed by atoms with Crippen molar-refractivity contribution in [1.82, 2.24) is 10.1 Å². The van der Waals surface area contributed by atoms with Gasteiger partial charge in [0.25, 0.3) is 11.8 Å². The molecular formula is C17H16N2O5S. The number of carbonyl (C=O) groups is 3. The highest BCUT2D eigenvalue weighted by atomic mass is 32.2. The van der Waals surface area contributed by atoms with Crippen LogP contribution in [0, 0.1) is 6.92 Å². The second kappa shape index (κ2) is 7.10. The van der Waals surface area contributed by atoms with E-state index in [0.29, 0.717) is 22.6 Å². The Morgan fingerprint density at radius 1 is 1.28 bits per heavy atom. The Morgan fingerprint density at radius 3 is 2.44 bits per heavy atom. The number of ether oxygens (including phenoxy) is 1. The van der Waals surface area contributed by atoms with E-state index in [9.17, 15) is 14.4 Å². The summed E-state index contributed by atoms with van der Waals surface area (Å²) in [4.78, 5) is 38.6. The summed E-state index contributed by atoms with van der Waals surface area (Å²) in [5.41, 5.74) is 1.08. The van der Waals surface area contributed by atoms with Crippen LogP contribution in [0.15, 0.2) is 34.9 Å². The van der Waals surface area contributed by atoms with Crippen LogP contribution in [-0.2, 0) is 16.1 Å². The number of hydrogen-bond acceptors (Lipinski definition) is 7. The molecule has 0 N–H and O–H groups in total. The molecule has 0 radical (unpaired) electrons. The summed E-state index contributed by atoms with van der Waals surface area (Å²) in [7, 11) is 0. The number of esters is 1. The van der Waals surface area contributed by atoms with Gasteiger partial charge in [0.2, 0.25) is 0 Å². The smallest absolute Gasteiger partial charge is 0.330 e. The average molecular weight is 360 g/mol. The third-order valence-corrected chi connectivity index (χ3v) is 4.42. The number of fused-ring (bicyclic) bond motifs is 1. The number of aryl methyl sites for hydroxylation is 1. The number of amides is 2. The summed E-state index contributed by atoms with van der Waals surface area (Å²) >= 11 is 1.35. The molecule has 0 spiro atoms. The molecule has 1 aromatic carbocycles. The Hall–Kier alpha value is -2.61. The molecule has 2 heterocycles. The first-order valence-corrected chi connectivity index (χ1v) is 8.97. The number of carbonyl (C=O) groups excluding carboxylic acids is 3. The lowest BCUT2D eigenvalue weighted by Crippen LogP contribution is -2.47. The minimum atomic E-state index is -0.990. The summed E-state index contributed by atoms with van der Waals surface area (Å²) in [6, 6.07) is 7.18. The Bertz CT molecular complexity index is 797. The van der Waals surface area contributed by atoms with Crippen molar-refractivity contribution >= 4 is 29.5 Å². The number of benzene rings is 1. The lowest BCUT2D eigenvalue weighted by molar-refractivity contribution is -0.149. The van der Waals surface area contributed by atoms with Crippen LogP contribution >= 0.6 is 11.8 Å². The molecule has 0 bridgehead atoms. The zero-order valence-electron chi connectivity index (χ0n) is 13.7. The van der Waals surface area contributed by atoms with E-state index >= 15 is 0 Å². The monoisotopic (exact) mass is 360 g/mol. The third-order valence-electron chi connectivity index (χ3n) is 3.77. The molecule has 0 unspecified atom stereocenters. The predicted molar refractivity (Wildman–Crippen MR) is 90.1 cm³/mol. The van der Waals surface area contributed by atoms with Crippen LogP contribution in [0.1, 0.15) is 32.2 Å². The van der Waals surface area contributed by atoms with Crippen molar-refractivity contribution in [3.8, 4) is 0 Å². The van der Waals surface area contributed by atoms with Crippen LogP contribution in [0.25, 0.3) is 0 Å². The Balaban J connectivity index is 1.78. The van der Waals surface area contributed by atoms with E-state index in [1.54, 1.807) is 43.5 Å². The van der Waals surface area contributed by atoms with Crippen LogP contribution in [0.5, 0.6) is 0 Å². The Morgan fingerprint density at radius 2 is 1.92 bits per heavy atom. The fourth-order valence-corrected chi connectivity index (χ4v) is 3.22. The molecular weight excluding hydrogens is 344 g/mol. The van der Waals surface area contributed by atoms with Crippen molar-refractivity contribution in [1.29, 1.82) is 0 Å². The van der Waals surface area contributed by atoms with Crippen molar-refractivity contribution < 1.29 is 23.6 Å². The van der Waals surface area contributed by atoms with Gasteiger partial charge in [-0.15, -0.1) is 0 Å². The molecule has 0 saturated heterocycles. The minimum Gasteiger partial charge on any atom is -0.457 e. The molecule has 7 nitrogen and oxygen atoms in total. The van der Waals surface area contributed by atoms with E-state index in [1.807, 2.05) is 0 Å². The number of aromatic nitrogens is 1. The van der Waals surface area contributed by atoms with Crippen molar-refractivity contribution in [2.24, 2.45) is 0 Å². The van der Waals surface area contributed by atoms with Crippen molar-refractivity contribution in [3.05, 3.63) is 52.9 Å². The second-order valence-electron chi connectivity index (χ2n) is 5.53. The van der Waals surface area contributed by atoms with E-state index in [4.69, 9.17) is 9.26 Å². The number of hydrogen-bond donors (Lipinski definition) is 0. The maximum atomic E-state index is 12.6. The second-order valence-corrected chi connectivity index (χ2v) is 6.44. The van der Waals surface area contributed by atoms with Crippen molar-refractivity contribution in [3.63, 3.8) is 0 Å². The van der Waals surface area contributed by atoms with Crippen molar-refractivity contribution in [2.75, 3.05) is 12.0 Å². The van der Waals surface area contributed by atoms with Gasteiger partial charge < -0.3 is 9.26 Å². The molecule has 130 valence electrons. The van der Waals surface area contributed by atoms with Crippen LogP contribution in [0.3, 0.4) is 0 Å². The van der Waals surface area contributed by atoms with E-state index in [-0.39, 0.29) is 12.4 Å². The molecule has 3 rings (SSSR count). The molecule has 25 heavy (non-hydrogen) atoms. The molecule has 0 saturated carbocycles. The summed E-state index contributed by atoms with van der Waals surface area (Å²) in [5, 5.41) is 3.75. The largest absolute Gasteiger partial charge is 0.457 e. The van der Waals surface area contributed by atoms with Gasteiger partial charge in [-0.3, -0.25) is 14.5 Å². The van der Waals surface area contributed by atoms with Gasteiger partial charge in [-0.1, -0.05) is 17.3 Å². The van der Waals surface area contributed by atoms with Gasteiger partial charge in [0, 0.05) is 11.8 Å². The summed E-state index contributed by atoms with van der Waals surface area (Å²) in [6.07, 6.45) is 1.79. The highest BCUT2D eigenvalue weighted by Gasteiger charge is 2.43. The summed E-state index contributed by atoms with van der Waals surface area (Å²) in [6.45, 7) is 1.65.